The molecule has 1 unspecified atom stereocenters. The fraction of sp³-hybridized carbons (Fsp3) is 0.125. The molecule has 3 nitrogen and oxygen atoms in total. The van der Waals surface area contributed by atoms with Crippen molar-refractivity contribution >= 4 is 10.9 Å². The number of aromatic amines is 1. The number of aromatic nitrogens is 1. The van der Waals surface area contributed by atoms with Crippen LogP contribution in [-0.2, 0) is 6.42 Å². The van der Waals surface area contributed by atoms with Gasteiger partial charge in [-0.15, -0.1) is 0 Å². The van der Waals surface area contributed by atoms with E-state index in [9.17, 15) is 4.91 Å². The van der Waals surface area contributed by atoms with Gasteiger partial charge in [0.2, 0.25) is 0 Å². The maximum atomic E-state index is 11.1. The van der Waals surface area contributed by atoms with E-state index >= 15 is 0 Å². The third-order valence-electron chi connectivity index (χ3n) is 3.40. The average molecular weight is 250 g/mol. The monoisotopic (exact) mass is 250 g/mol. The maximum absolute atomic E-state index is 11.1. The first-order valence-electron chi connectivity index (χ1n) is 6.31. The molecule has 0 aliphatic heterocycles. The van der Waals surface area contributed by atoms with Crippen molar-refractivity contribution in [3.63, 3.8) is 0 Å². The van der Waals surface area contributed by atoms with Crippen LogP contribution < -0.4 is 0 Å². The SMILES string of the molecule is O=NC(Cc1c[nH]c2ccccc12)c1ccccc1. The summed E-state index contributed by atoms with van der Waals surface area (Å²) >= 11 is 0. The largest absolute Gasteiger partial charge is 0.361 e. The van der Waals surface area contributed by atoms with E-state index in [-0.39, 0.29) is 6.04 Å². The lowest BCUT2D eigenvalue weighted by molar-refractivity contribution is 0.721. The smallest absolute Gasteiger partial charge is 0.121 e. The highest BCUT2D eigenvalue weighted by Gasteiger charge is 2.14. The number of hydrogen-bond acceptors (Lipinski definition) is 2. The highest BCUT2D eigenvalue weighted by atomic mass is 16.3. The summed E-state index contributed by atoms with van der Waals surface area (Å²) < 4.78 is 0. The molecule has 2 aromatic carbocycles. The van der Waals surface area contributed by atoms with Gasteiger partial charge in [0.15, 0.2) is 0 Å². The van der Waals surface area contributed by atoms with Gasteiger partial charge in [-0.05, 0) is 17.2 Å². The van der Waals surface area contributed by atoms with Crippen molar-refractivity contribution in [1.29, 1.82) is 0 Å². The topological polar surface area (TPSA) is 45.2 Å². The highest BCUT2D eigenvalue weighted by Crippen LogP contribution is 2.26. The molecule has 1 atom stereocenters. The van der Waals surface area contributed by atoms with Crippen LogP contribution >= 0.6 is 0 Å². The summed E-state index contributed by atoms with van der Waals surface area (Å²) in [6.07, 6.45) is 2.59. The average Bonchev–Trinajstić information content (AvgIpc) is 2.89. The van der Waals surface area contributed by atoms with Gasteiger partial charge in [0.25, 0.3) is 0 Å². The molecular formula is C16H14N2O. The Balaban J connectivity index is 1.93. The van der Waals surface area contributed by atoms with Gasteiger partial charge in [-0.25, -0.2) is 0 Å². The number of benzene rings is 2. The molecule has 0 saturated carbocycles. The van der Waals surface area contributed by atoms with E-state index in [1.165, 1.54) is 0 Å². The molecule has 0 bridgehead atoms. The molecule has 0 aliphatic rings. The van der Waals surface area contributed by atoms with Gasteiger partial charge in [0, 0.05) is 23.5 Å². The molecule has 0 amide bonds. The van der Waals surface area contributed by atoms with Gasteiger partial charge in [-0.1, -0.05) is 53.7 Å². The molecule has 1 aromatic heterocycles. The van der Waals surface area contributed by atoms with Crippen LogP contribution in [-0.4, -0.2) is 4.98 Å². The van der Waals surface area contributed by atoms with Gasteiger partial charge in [-0.2, -0.15) is 4.91 Å². The highest BCUT2D eigenvalue weighted by molar-refractivity contribution is 5.83. The van der Waals surface area contributed by atoms with Gasteiger partial charge in [0.1, 0.15) is 6.04 Å². The lowest BCUT2D eigenvalue weighted by Gasteiger charge is -2.08. The molecule has 0 aliphatic carbocycles. The van der Waals surface area contributed by atoms with Crippen molar-refractivity contribution in [2.45, 2.75) is 12.5 Å². The van der Waals surface area contributed by atoms with Gasteiger partial charge >= 0.3 is 0 Å². The molecule has 0 saturated heterocycles. The molecule has 0 spiro atoms. The Hall–Kier alpha value is -2.42. The third kappa shape index (κ3) is 2.27. The fourth-order valence-electron chi connectivity index (χ4n) is 2.40. The van der Waals surface area contributed by atoms with E-state index in [0.29, 0.717) is 6.42 Å². The molecule has 3 rings (SSSR count). The molecule has 19 heavy (non-hydrogen) atoms. The Morgan fingerprint density at radius 3 is 2.53 bits per heavy atom. The second-order valence-electron chi connectivity index (χ2n) is 4.60. The Labute approximate surface area is 111 Å². The van der Waals surface area contributed by atoms with Gasteiger partial charge in [-0.3, -0.25) is 0 Å². The van der Waals surface area contributed by atoms with Crippen molar-refractivity contribution in [3.05, 3.63) is 76.8 Å². The number of hydrogen-bond donors (Lipinski definition) is 1. The molecule has 1 N–H and O–H groups in total. The minimum atomic E-state index is -0.333. The van der Waals surface area contributed by atoms with Crippen LogP contribution in [0.5, 0.6) is 0 Å². The summed E-state index contributed by atoms with van der Waals surface area (Å²) in [5.74, 6) is 0. The zero-order valence-corrected chi connectivity index (χ0v) is 10.4. The van der Waals surface area contributed by atoms with Crippen molar-refractivity contribution in [3.8, 4) is 0 Å². The predicted molar refractivity (Wildman–Crippen MR) is 77.0 cm³/mol. The van der Waals surface area contributed by atoms with Crippen LogP contribution in [0.15, 0.2) is 66.0 Å². The van der Waals surface area contributed by atoms with Crippen LogP contribution in [0.25, 0.3) is 10.9 Å². The summed E-state index contributed by atoms with van der Waals surface area (Å²) in [4.78, 5) is 14.3. The number of nitroso groups, excluding NO2 is 1. The number of nitrogens with zero attached hydrogens (tertiary/aromatic N) is 1. The summed E-state index contributed by atoms with van der Waals surface area (Å²) in [5.41, 5.74) is 3.18. The van der Waals surface area contributed by atoms with Crippen LogP contribution in [0.1, 0.15) is 17.2 Å². The van der Waals surface area contributed by atoms with Crippen molar-refractivity contribution < 1.29 is 0 Å². The van der Waals surface area contributed by atoms with Gasteiger partial charge in [0.05, 0.1) is 0 Å². The summed E-state index contributed by atoms with van der Waals surface area (Å²) in [6, 6.07) is 17.5. The van der Waals surface area contributed by atoms with Crippen molar-refractivity contribution in [2.75, 3.05) is 0 Å². The van der Waals surface area contributed by atoms with Crippen LogP contribution in [0, 0.1) is 4.91 Å². The van der Waals surface area contributed by atoms with E-state index < -0.39 is 0 Å². The van der Waals surface area contributed by atoms with Crippen LogP contribution in [0.3, 0.4) is 0 Å². The predicted octanol–water partition coefficient (Wildman–Crippen LogP) is 4.22. The summed E-state index contributed by atoms with van der Waals surface area (Å²) in [7, 11) is 0. The third-order valence-corrected chi connectivity index (χ3v) is 3.40. The van der Waals surface area contributed by atoms with Crippen LogP contribution in [0.4, 0.5) is 0 Å². The van der Waals surface area contributed by atoms with E-state index in [1.54, 1.807) is 0 Å². The number of fused-ring (bicyclic) bond motifs is 1. The molecule has 3 heteroatoms. The number of nitrogens with one attached hydrogen (secondary N) is 1. The first-order chi connectivity index (χ1) is 9.38. The molecule has 0 fully saturated rings. The minimum Gasteiger partial charge on any atom is -0.361 e. The first-order valence-corrected chi connectivity index (χ1v) is 6.31. The number of H-pyrrole nitrogens is 1. The normalized spacial score (nSPS) is 12.4. The van der Waals surface area contributed by atoms with Crippen molar-refractivity contribution in [1.82, 2.24) is 4.98 Å². The fourth-order valence-corrected chi connectivity index (χ4v) is 2.40. The van der Waals surface area contributed by atoms with Gasteiger partial charge < -0.3 is 4.98 Å². The van der Waals surface area contributed by atoms with E-state index in [2.05, 4.69) is 16.2 Å². The lowest BCUT2D eigenvalue weighted by atomic mass is 9.99. The molecular weight excluding hydrogens is 236 g/mol. The lowest BCUT2D eigenvalue weighted by Crippen LogP contribution is -1.98. The Bertz CT molecular complexity index is 688. The number of para-hydroxylation sites is 1. The van der Waals surface area contributed by atoms with Crippen LogP contribution in [0.2, 0.25) is 0 Å². The maximum Gasteiger partial charge on any atom is 0.121 e. The van der Waals surface area contributed by atoms with E-state index in [4.69, 9.17) is 0 Å². The summed E-state index contributed by atoms with van der Waals surface area (Å²) in [5, 5.41) is 4.44. The quantitative estimate of drug-likeness (QED) is 0.692. The second kappa shape index (κ2) is 5.06. The zero-order chi connectivity index (χ0) is 13.1. The Morgan fingerprint density at radius 2 is 1.74 bits per heavy atom. The number of rotatable bonds is 4. The molecule has 0 radical (unpaired) electrons. The second-order valence-corrected chi connectivity index (χ2v) is 4.60. The standard InChI is InChI=1S/C16H14N2O/c19-18-16(12-6-2-1-3-7-12)10-13-11-17-15-9-5-4-8-14(13)15/h1-9,11,16-17H,10H2. The van der Waals surface area contributed by atoms with E-state index in [1.807, 2.05) is 54.7 Å². The van der Waals surface area contributed by atoms with E-state index in [0.717, 1.165) is 22.0 Å². The minimum absolute atomic E-state index is 0.333. The molecule has 3 aromatic rings. The Morgan fingerprint density at radius 1 is 1.00 bits per heavy atom. The molecule has 1 heterocycles. The Kier molecular flexibility index (Phi) is 3.11. The first kappa shape index (κ1) is 11.7. The molecule has 94 valence electrons. The summed E-state index contributed by atoms with van der Waals surface area (Å²) in [6.45, 7) is 0. The van der Waals surface area contributed by atoms with Crippen molar-refractivity contribution in [2.24, 2.45) is 5.18 Å². The zero-order valence-electron chi connectivity index (χ0n) is 10.4.